The molecule has 0 bridgehead atoms. The third-order valence-corrected chi connectivity index (χ3v) is 6.50. The fourth-order valence-corrected chi connectivity index (χ4v) is 4.47. The molecule has 4 rings (SSSR count). The van der Waals surface area contributed by atoms with Crippen LogP contribution in [0.1, 0.15) is 52.3 Å². The van der Waals surface area contributed by atoms with Crippen LogP contribution in [0.2, 0.25) is 0 Å². The van der Waals surface area contributed by atoms with E-state index in [-0.39, 0.29) is 23.8 Å². The van der Waals surface area contributed by atoms with E-state index in [1.54, 1.807) is 16.4 Å². The van der Waals surface area contributed by atoms with Crippen molar-refractivity contribution in [2.24, 2.45) is 0 Å². The molecule has 190 valence electrons. The Morgan fingerprint density at radius 1 is 1.11 bits per heavy atom. The predicted octanol–water partition coefficient (Wildman–Crippen LogP) is 2.28. The second kappa shape index (κ2) is 11.7. The van der Waals surface area contributed by atoms with Crippen LogP contribution in [0.4, 0.5) is 0 Å². The highest BCUT2D eigenvalue weighted by molar-refractivity contribution is 5.98. The number of ether oxygens (including phenoxy) is 1. The highest BCUT2D eigenvalue weighted by Crippen LogP contribution is 2.23. The lowest BCUT2D eigenvalue weighted by Gasteiger charge is -2.20. The molecule has 2 amide bonds. The Hall–Kier alpha value is -3.95. The average molecular weight is 494 g/mol. The average Bonchev–Trinajstić information content (AvgIpc) is 3.16. The van der Waals surface area contributed by atoms with Crippen molar-refractivity contribution in [3.05, 3.63) is 75.0 Å². The van der Waals surface area contributed by atoms with Crippen molar-refractivity contribution < 1.29 is 19.0 Å². The molecule has 0 saturated carbocycles. The van der Waals surface area contributed by atoms with E-state index in [0.29, 0.717) is 55.1 Å². The van der Waals surface area contributed by atoms with Crippen LogP contribution >= 0.6 is 0 Å². The quantitative estimate of drug-likeness (QED) is 0.454. The number of benzene rings is 1. The second-order valence-electron chi connectivity index (χ2n) is 8.83. The Morgan fingerprint density at radius 3 is 2.64 bits per heavy atom. The molecule has 1 aliphatic rings. The molecule has 10 heteroatoms. The van der Waals surface area contributed by atoms with Gasteiger partial charge in [-0.1, -0.05) is 40.6 Å². The van der Waals surface area contributed by atoms with Crippen LogP contribution < -0.4 is 15.6 Å². The van der Waals surface area contributed by atoms with E-state index < -0.39 is 5.91 Å². The molecule has 1 N–H and O–H groups in total. The van der Waals surface area contributed by atoms with Gasteiger partial charge in [-0.3, -0.25) is 14.4 Å². The number of aryl methyl sites for hydroxylation is 2. The normalized spacial score (nSPS) is 13.1. The van der Waals surface area contributed by atoms with E-state index in [2.05, 4.69) is 32.4 Å². The number of aromatic nitrogens is 3. The molecule has 3 heterocycles. The molecule has 3 aromatic rings. The number of nitrogens with zero attached hydrogens (tertiary/aromatic N) is 4. The summed E-state index contributed by atoms with van der Waals surface area (Å²) < 4.78 is 11.6. The fraction of sp³-hybridized carbons (Fsp3) is 0.423. The number of methoxy groups -OCH3 is 1. The second-order valence-corrected chi connectivity index (χ2v) is 8.83. The van der Waals surface area contributed by atoms with Crippen molar-refractivity contribution in [3.63, 3.8) is 0 Å². The lowest BCUT2D eigenvalue weighted by molar-refractivity contribution is -0.131. The first-order valence-electron chi connectivity index (χ1n) is 12.2. The maximum atomic E-state index is 13.2. The standard InChI is InChI=1S/C26H31N5O5/c1-18-20(29-36-28-18)17-27-26(34)25-21-12-13-30(14-15-31(21)24(33)16-22(25)35-2)23(32)11-7-6-10-19-8-4-3-5-9-19/h3-5,8-9,16H,6-7,10-15,17H2,1-2H3,(H,27,34). The lowest BCUT2D eigenvalue weighted by Crippen LogP contribution is -2.34. The van der Waals surface area contributed by atoms with Crippen molar-refractivity contribution in [1.29, 1.82) is 0 Å². The largest absolute Gasteiger partial charge is 0.496 e. The molecule has 0 saturated heterocycles. The molecular weight excluding hydrogens is 462 g/mol. The summed E-state index contributed by atoms with van der Waals surface area (Å²) >= 11 is 0. The molecular formula is C26H31N5O5. The van der Waals surface area contributed by atoms with E-state index in [0.717, 1.165) is 19.3 Å². The lowest BCUT2D eigenvalue weighted by atomic mass is 10.1. The van der Waals surface area contributed by atoms with Crippen molar-refractivity contribution >= 4 is 11.8 Å². The summed E-state index contributed by atoms with van der Waals surface area (Å²) in [5, 5.41) is 10.3. The number of rotatable bonds is 9. The number of carbonyl (C=O) groups is 2. The van der Waals surface area contributed by atoms with Gasteiger partial charge in [-0.2, -0.15) is 0 Å². The number of unbranched alkanes of at least 4 members (excludes halogenated alkanes) is 1. The molecule has 0 radical (unpaired) electrons. The van der Waals surface area contributed by atoms with Gasteiger partial charge in [0, 0.05) is 44.2 Å². The zero-order valence-corrected chi connectivity index (χ0v) is 20.7. The zero-order valence-electron chi connectivity index (χ0n) is 20.7. The van der Waals surface area contributed by atoms with Gasteiger partial charge >= 0.3 is 0 Å². The number of carbonyl (C=O) groups excluding carboxylic acids is 2. The van der Waals surface area contributed by atoms with Crippen molar-refractivity contribution in [3.8, 4) is 5.75 Å². The van der Waals surface area contributed by atoms with E-state index in [9.17, 15) is 14.4 Å². The Morgan fingerprint density at radius 2 is 1.92 bits per heavy atom. The summed E-state index contributed by atoms with van der Waals surface area (Å²) in [5.74, 6) is -0.117. The van der Waals surface area contributed by atoms with Crippen molar-refractivity contribution in [2.75, 3.05) is 20.2 Å². The SMILES string of the molecule is COc1cc(=O)n2c(c1C(=O)NCc1nonc1C)CCN(C(=O)CCCCc1ccccc1)CC2. The van der Waals surface area contributed by atoms with Gasteiger partial charge in [0.1, 0.15) is 22.7 Å². The smallest absolute Gasteiger partial charge is 0.257 e. The Labute approximate surface area is 209 Å². The monoisotopic (exact) mass is 493 g/mol. The van der Waals surface area contributed by atoms with Crippen LogP contribution in [0.15, 0.2) is 45.8 Å². The summed E-state index contributed by atoms with van der Waals surface area (Å²) in [5.41, 5.74) is 2.97. The highest BCUT2D eigenvalue weighted by Gasteiger charge is 2.26. The number of nitrogens with one attached hydrogen (secondary N) is 1. The molecule has 2 aromatic heterocycles. The topological polar surface area (TPSA) is 120 Å². The summed E-state index contributed by atoms with van der Waals surface area (Å²) in [4.78, 5) is 40.7. The summed E-state index contributed by atoms with van der Waals surface area (Å²) in [6.07, 6.45) is 3.51. The van der Waals surface area contributed by atoms with Crippen LogP contribution in [-0.2, 0) is 30.7 Å². The number of fused-ring (bicyclic) bond motifs is 1. The minimum Gasteiger partial charge on any atom is -0.496 e. The van der Waals surface area contributed by atoms with Gasteiger partial charge in [-0.25, -0.2) is 4.63 Å². The number of amides is 2. The summed E-state index contributed by atoms with van der Waals surface area (Å²) in [7, 11) is 1.43. The third-order valence-electron chi connectivity index (χ3n) is 6.50. The van der Waals surface area contributed by atoms with E-state index >= 15 is 0 Å². The number of pyridine rings is 1. The van der Waals surface area contributed by atoms with E-state index in [1.165, 1.54) is 18.7 Å². The fourth-order valence-electron chi connectivity index (χ4n) is 4.47. The zero-order chi connectivity index (χ0) is 25.5. The Kier molecular flexibility index (Phi) is 8.14. The molecule has 0 spiro atoms. The van der Waals surface area contributed by atoms with E-state index in [4.69, 9.17) is 4.74 Å². The maximum absolute atomic E-state index is 13.2. The van der Waals surface area contributed by atoms with Crippen molar-refractivity contribution in [1.82, 2.24) is 25.1 Å². The maximum Gasteiger partial charge on any atom is 0.257 e. The highest BCUT2D eigenvalue weighted by atomic mass is 16.6. The third kappa shape index (κ3) is 5.81. The van der Waals surface area contributed by atoms with Gasteiger partial charge in [-0.05, 0) is 31.7 Å². The van der Waals surface area contributed by atoms with Gasteiger partial charge in [0.25, 0.3) is 11.5 Å². The van der Waals surface area contributed by atoms with Gasteiger partial charge in [0.2, 0.25) is 5.91 Å². The van der Waals surface area contributed by atoms with Crippen LogP contribution in [0.5, 0.6) is 5.75 Å². The minimum atomic E-state index is -0.390. The van der Waals surface area contributed by atoms with E-state index in [1.807, 2.05) is 18.2 Å². The van der Waals surface area contributed by atoms with Crippen LogP contribution in [0.3, 0.4) is 0 Å². The van der Waals surface area contributed by atoms with Crippen LogP contribution in [-0.4, -0.2) is 51.8 Å². The molecule has 10 nitrogen and oxygen atoms in total. The van der Waals surface area contributed by atoms with Gasteiger partial charge < -0.3 is 19.5 Å². The molecule has 1 aliphatic heterocycles. The summed E-state index contributed by atoms with van der Waals surface area (Å²) in [6, 6.07) is 11.5. The van der Waals surface area contributed by atoms with Gasteiger partial charge in [0.05, 0.1) is 13.7 Å². The Bertz CT molecular complexity index is 1270. The molecule has 36 heavy (non-hydrogen) atoms. The molecule has 0 aliphatic carbocycles. The molecule has 0 atom stereocenters. The van der Waals surface area contributed by atoms with Gasteiger partial charge in [0.15, 0.2) is 0 Å². The first kappa shape index (κ1) is 25.2. The van der Waals surface area contributed by atoms with Crippen LogP contribution in [0.25, 0.3) is 0 Å². The number of hydrogen-bond acceptors (Lipinski definition) is 7. The Balaban J connectivity index is 1.42. The predicted molar refractivity (Wildman–Crippen MR) is 132 cm³/mol. The molecule has 0 fully saturated rings. The van der Waals surface area contributed by atoms with Gasteiger partial charge in [-0.15, -0.1) is 0 Å². The molecule has 1 aromatic carbocycles. The minimum absolute atomic E-state index is 0.0656. The summed E-state index contributed by atoms with van der Waals surface area (Å²) in [6.45, 7) is 3.03. The first-order chi connectivity index (χ1) is 17.5. The van der Waals surface area contributed by atoms with Crippen molar-refractivity contribution in [2.45, 2.75) is 52.1 Å². The number of hydrogen-bond donors (Lipinski definition) is 1. The first-order valence-corrected chi connectivity index (χ1v) is 12.2. The molecule has 0 unspecified atom stereocenters. The van der Waals surface area contributed by atoms with Crippen LogP contribution in [0, 0.1) is 6.92 Å².